The number of fused-ring (bicyclic) bond motifs is 1. The quantitative estimate of drug-likeness (QED) is 0.772. The first-order valence-corrected chi connectivity index (χ1v) is 6.55. The van der Waals surface area contributed by atoms with Gasteiger partial charge in [0.2, 0.25) is 0 Å². The zero-order valence-corrected chi connectivity index (χ0v) is 11.7. The third-order valence-corrected chi connectivity index (χ3v) is 3.26. The van der Waals surface area contributed by atoms with Gasteiger partial charge in [0.25, 0.3) is 5.91 Å². The Hall–Kier alpha value is -2.40. The first kappa shape index (κ1) is 13.6. The molecule has 106 valence electrons. The SMILES string of the molecule is Cc1nc2cc(NC(=O)c3c(F)cccc3Cl)ccc2o1. The van der Waals surface area contributed by atoms with E-state index in [9.17, 15) is 9.18 Å². The molecule has 0 unspecified atom stereocenters. The van der Waals surface area contributed by atoms with Crippen LogP contribution in [0.25, 0.3) is 11.1 Å². The van der Waals surface area contributed by atoms with Crippen molar-refractivity contribution < 1.29 is 13.6 Å². The predicted octanol–water partition coefficient (Wildman–Crippen LogP) is 4.18. The van der Waals surface area contributed by atoms with Crippen molar-refractivity contribution in [2.45, 2.75) is 6.92 Å². The van der Waals surface area contributed by atoms with Crippen LogP contribution in [0.5, 0.6) is 0 Å². The van der Waals surface area contributed by atoms with Crippen molar-refractivity contribution in [3.8, 4) is 0 Å². The predicted molar refractivity (Wildman–Crippen MR) is 78.1 cm³/mol. The fraction of sp³-hybridized carbons (Fsp3) is 0.0667. The minimum atomic E-state index is -0.668. The maximum atomic E-state index is 13.7. The third-order valence-electron chi connectivity index (χ3n) is 2.94. The number of halogens is 2. The Kier molecular flexibility index (Phi) is 3.35. The molecule has 0 fully saturated rings. The summed E-state index contributed by atoms with van der Waals surface area (Å²) < 4.78 is 19.0. The maximum Gasteiger partial charge on any atom is 0.260 e. The minimum absolute atomic E-state index is 0.0610. The topological polar surface area (TPSA) is 55.1 Å². The number of aryl methyl sites for hydroxylation is 1. The van der Waals surface area contributed by atoms with Gasteiger partial charge in [0.15, 0.2) is 11.5 Å². The van der Waals surface area contributed by atoms with Crippen LogP contribution in [0, 0.1) is 12.7 Å². The summed E-state index contributed by atoms with van der Waals surface area (Å²) in [5.74, 6) is -0.748. The van der Waals surface area contributed by atoms with Crippen molar-refractivity contribution in [3.05, 3.63) is 58.7 Å². The summed E-state index contributed by atoms with van der Waals surface area (Å²) in [5.41, 5.74) is 1.54. The Balaban J connectivity index is 1.92. The molecule has 1 aromatic heterocycles. The molecule has 0 aliphatic carbocycles. The average molecular weight is 305 g/mol. The third kappa shape index (κ3) is 2.60. The Morgan fingerprint density at radius 3 is 2.90 bits per heavy atom. The smallest absolute Gasteiger partial charge is 0.260 e. The number of nitrogens with one attached hydrogen (secondary N) is 1. The number of amides is 1. The molecule has 0 saturated carbocycles. The lowest BCUT2D eigenvalue weighted by molar-refractivity contribution is 0.102. The fourth-order valence-corrected chi connectivity index (χ4v) is 2.28. The second kappa shape index (κ2) is 5.18. The number of hydrogen-bond acceptors (Lipinski definition) is 3. The molecule has 3 aromatic rings. The highest BCUT2D eigenvalue weighted by Gasteiger charge is 2.16. The van der Waals surface area contributed by atoms with Crippen LogP contribution >= 0.6 is 11.6 Å². The molecule has 0 atom stereocenters. The number of carbonyl (C=O) groups is 1. The van der Waals surface area contributed by atoms with Gasteiger partial charge >= 0.3 is 0 Å². The van der Waals surface area contributed by atoms with Crippen LogP contribution in [0.2, 0.25) is 5.02 Å². The van der Waals surface area contributed by atoms with Gasteiger partial charge in [0.05, 0.1) is 10.6 Å². The highest BCUT2D eigenvalue weighted by molar-refractivity contribution is 6.34. The summed E-state index contributed by atoms with van der Waals surface area (Å²) >= 11 is 5.86. The van der Waals surface area contributed by atoms with Gasteiger partial charge in [-0.05, 0) is 30.3 Å². The average Bonchev–Trinajstić information content (AvgIpc) is 2.77. The molecule has 2 aromatic carbocycles. The van der Waals surface area contributed by atoms with E-state index in [1.807, 2.05) is 0 Å². The first-order chi connectivity index (χ1) is 10.0. The van der Waals surface area contributed by atoms with Crippen LogP contribution in [0.1, 0.15) is 16.2 Å². The molecule has 4 nitrogen and oxygen atoms in total. The second-order valence-electron chi connectivity index (χ2n) is 4.47. The second-order valence-corrected chi connectivity index (χ2v) is 4.87. The molecule has 0 bridgehead atoms. The van der Waals surface area contributed by atoms with E-state index in [-0.39, 0.29) is 10.6 Å². The number of anilines is 1. The first-order valence-electron chi connectivity index (χ1n) is 6.17. The number of oxazole rings is 1. The summed E-state index contributed by atoms with van der Waals surface area (Å²) in [6, 6.07) is 9.08. The molecule has 0 saturated heterocycles. The molecule has 0 radical (unpaired) electrons. The van der Waals surface area contributed by atoms with Crippen LogP contribution < -0.4 is 5.32 Å². The summed E-state index contributed by atoms with van der Waals surface area (Å²) in [6.07, 6.45) is 0. The zero-order valence-electron chi connectivity index (χ0n) is 11.0. The standard InChI is InChI=1S/C15H10ClFN2O2/c1-8-18-12-7-9(5-6-13(12)21-8)19-15(20)14-10(16)3-2-4-11(14)17/h2-7H,1H3,(H,19,20). The largest absolute Gasteiger partial charge is 0.441 e. The van der Waals surface area contributed by atoms with Gasteiger partial charge in [-0.2, -0.15) is 0 Å². The summed E-state index contributed by atoms with van der Waals surface area (Å²) in [7, 11) is 0. The molecule has 1 amide bonds. The number of carbonyl (C=O) groups excluding carboxylic acids is 1. The fourth-order valence-electron chi connectivity index (χ4n) is 2.03. The highest BCUT2D eigenvalue weighted by atomic mass is 35.5. The molecule has 0 spiro atoms. The van der Waals surface area contributed by atoms with Gasteiger partial charge in [0, 0.05) is 12.6 Å². The van der Waals surface area contributed by atoms with Crippen molar-refractivity contribution in [3.63, 3.8) is 0 Å². The van der Waals surface area contributed by atoms with Crippen molar-refractivity contribution in [1.29, 1.82) is 0 Å². The van der Waals surface area contributed by atoms with Gasteiger partial charge < -0.3 is 9.73 Å². The normalized spacial score (nSPS) is 10.8. The van der Waals surface area contributed by atoms with E-state index in [1.54, 1.807) is 25.1 Å². The molecule has 0 aliphatic rings. The van der Waals surface area contributed by atoms with Gasteiger partial charge in [-0.15, -0.1) is 0 Å². The van der Waals surface area contributed by atoms with Gasteiger partial charge in [-0.3, -0.25) is 4.79 Å². The van der Waals surface area contributed by atoms with Crippen molar-refractivity contribution in [2.75, 3.05) is 5.32 Å². The van der Waals surface area contributed by atoms with E-state index in [4.69, 9.17) is 16.0 Å². The number of rotatable bonds is 2. The van der Waals surface area contributed by atoms with Crippen LogP contribution in [0.3, 0.4) is 0 Å². The van der Waals surface area contributed by atoms with Gasteiger partial charge in [-0.1, -0.05) is 17.7 Å². The molecule has 1 N–H and O–H groups in total. The van der Waals surface area contributed by atoms with Crippen molar-refractivity contribution >= 4 is 34.3 Å². The van der Waals surface area contributed by atoms with Crippen LogP contribution in [-0.2, 0) is 0 Å². The number of benzene rings is 2. The van der Waals surface area contributed by atoms with Crippen LogP contribution in [0.15, 0.2) is 40.8 Å². The maximum absolute atomic E-state index is 13.7. The van der Waals surface area contributed by atoms with Crippen molar-refractivity contribution in [2.24, 2.45) is 0 Å². The molecule has 1 heterocycles. The lowest BCUT2D eigenvalue weighted by Crippen LogP contribution is -2.14. The Morgan fingerprint density at radius 1 is 1.33 bits per heavy atom. The molecule has 6 heteroatoms. The molecular weight excluding hydrogens is 295 g/mol. The van der Waals surface area contributed by atoms with E-state index >= 15 is 0 Å². The lowest BCUT2D eigenvalue weighted by Gasteiger charge is -2.07. The Bertz CT molecular complexity index is 825. The summed E-state index contributed by atoms with van der Waals surface area (Å²) in [6.45, 7) is 1.73. The summed E-state index contributed by atoms with van der Waals surface area (Å²) in [5, 5.41) is 2.66. The van der Waals surface area contributed by atoms with Crippen LogP contribution in [-0.4, -0.2) is 10.9 Å². The molecule has 3 rings (SSSR count). The van der Waals surface area contributed by atoms with E-state index in [0.717, 1.165) is 0 Å². The number of hydrogen-bond donors (Lipinski definition) is 1. The molecular formula is C15H10ClFN2O2. The highest BCUT2D eigenvalue weighted by Crippen LogP contribution is 2.23. The van der Waals surface area contributed by atoms with Gasteiger partial charge in [-0.25, -0.2) is 9.37 Å². The van der Waals surface area contributed by atoms with E-state index in [1.165, 1.54) is 18.2 Å². The Labute approximate surface area is 124 Å². The summed E-state index contributed by atoms with van der Waals surface area (Å²) in [4.78, 5) is 16.3. The monoisotopic (exact) mass is 304 g/mol. The van der Waals surface area contributed by atoms with E-state index in [2.05, 4.69) is 10.3 Å². The van der Waals surface area contributed by atoms with Crippen molar-refractivity contribution in [1.82, 2.24) is 4.98 Å². The number of nitrogens with zero attached hydrogens (tertiary/aromatic N) is 1. The lowest BCUT2D eigenvalue weighted by atomic mass is 10.2. The Morgan fingerprint density at radius 2 is 2.14 bits per heavy atom. The number of aromatic nitrogens is 1. The van der Waals surface area contributed by atoms with E-state index < -0.39 is 11.7 Å². The van der Waals surface area contributed by atoms with E-state index in [0.29, 0.717) is 22.7 Å². The molecule has 0 aliphatic heterocycles. The molecule has 21 heavy (non-hydrogen) atoms. The van der Waals surface area contributed by atoms with Gasteiger partial charge in [0.1, 0.15) is 11.3 Å². The minimum Gasteiger partial charge on any atom is -0.441 e. The van der Waals surface area contributed by atoms with Crippen LogP contribution in [0.4, 0.5) is 10.1 Å². The zero-order chi connectivity index (χ0) is 15.0.